The number of furan rings is 1. The van der Waals surface area contributed by atoms with Crippen LogP contribution >= 0.6 is 0 Å². The first-order valence-electron chi connectivity index (χ1n) is 10.8. The maximum Gasteiger partial charge on any atom is 0.224 e. The largest absolute Gasteiger partial charge is 0.468 e. The number of carbonyl (C=O) groups is 1. The predicted molar refractivity (Wildman–Crippen MR) is 120 cm³/mol. The van der Waals surface area contributed by atoms with E-state index in [1.807, 2.05) is 43.3 Å². The Labute approximate surface area is 178 Å². The van der Waals surface area contributed by atoms with Crippen LogP contribution in [0.25, 0.3) is 0 Å². The molecule has 1 saturated heterocycles. The fourth-order valence-electron chi connectivity index (χ4n) is 3.70. The summed E-state index contributed by atoms with van der Waals surface area (Å²) in [5.41, 5.74) is 1.94. The van der Waals surface area contributed by atoms with Gasteiger partial charge in [0, 0.05) is 32.2 Å². The van der Waals surface area contributed by atoms with E-state index < -0.39 is 0 Å². The molecule has 1 unspecified atom stereocenters. The molecule has 1 atom stereocenters. The summed E-state index contributed by atoms with van der Waals surface area (Å²) >= 11 is 0. The highest BCUT2D eigenvalue weighted by Gasteiger charge is 2.25. The van der Waals surface area contributed by atoms with Crippen LogP contribution in [-0.4, -0.2) is 43.4 Å². The van der Waals surface area contributed by atoms with Crippen molar-refractivity contribution in [3.63, 3.8) is 0 Å². The third-order valence-corrected chi connectivity index (χ3v) is 5.31. The van der Waals surface area contributed by atoms with Crippen molar-refractivity contribution in [1.29, 1.82) is 0 Å². The van der Waals surface area contributed by atoms with E-state index in [-0.39, 0.29) is 11.9 Å². The van der Waals surface area contributed by atoms with Gasteiger partial charge in [0.25, 0.3) is 0 Å². The second kappa shape index (κ2) is 11.4. The van der Waals surface area contributed by atoms with Crippen LogP contribution < -0.4 is 16.0 Å². The van der Waals surface area contributed by atoms with E-state index in [2.05, 4.69) is 25.8 Å². The molecule has 1 aromatic heterocycles. The van der Waals surface area contributed by atoms with Crippen LogP contribution in [0.4, 0.5) is 5.69 Å². The minimum absolute atomic E-state index is 0.0529. The van der Waals surface area contributed by atoms with Crippen molar-refractivity contribution < 1.29 is 9.21 Å². The number of hydrogen-bond donors (Lipinski definition) is 3. The number of guanidine groups is 1. The van der Waals surface area contributed by atoms with Crippen LogP contribution in [0, 0.1) is 0 Å². The first-order chi connectivity index (χ1) is 14.7. The van der Waals surface area contributed by atoms with Crippen LogP contribution in [0.15, 0.2) is 52.1 Å². The molecule has 1 aliphatic heterocycles. The molecule has 7 nitrogen and oxygen atoms in total. The van der Waals surface area contributed by atoms with Gasteiger partial charge in [-0.2, -0.15) is 0 Å². The molecule has 2 aromatic rings. The van der Waals surface area contributed by atoms with E-state index in [0.717, 1.165) is 49.0 Å². The molecule has 0 bridgehead atoms. The van der Waals surface area contributed by atoms with Crippen LogP contribution in [0.1, 0.15) is 50.0 Å². The normalized spacial score (nSPS) is 15.7. The molecule has 3 N–H and O–H groups in total. The Morgan fingerprint density at radius 3 is 2.57 bits per heavy atom. The maximum absolute atomic E-state index is 11.7. The summed E-state index contributed by atoms with van der Waals surface area (Å²) in [5.74, 6) is 1.80. The van der Waals surface area contributed by atoms with Crippen molar-refractivity contribution in [2.45, 2.75) is 45.2 Å². The molecule has 2 heterocycles. The maximum atomic E-state index is 11.7. The fourth-order valence-corrected chi connectivity index (χ4v) is 3.70. The monoisotopic (exact) mass is 411 g/mol. The summed E-state index contributed by atoms with van der Waals surface area (Å²) in [6, 6.07) is 12.1. The summed E-state index contributed by atoms with van der Waals surface area (Å²) in [4.78, 5) is 18.5. The van der Waals surface area contributed by atoms with Gasteiger partial charge in [-0.25, -0.2) is 0 Å². The summed E-state index contributed by atoms with van der Waals surface area (Å²) < 4.78 is 5.69. The van der Waals surface area contributed by atoms with Crippen molar-refractivity contribution >= 4 is 17.6 Å². The second-order valence-electron chi connectivity index (χ2n) is 7.58. The van der Waals surface area contributed by atoms with Gasteiger partial charge in [0.2, 0.25) is 5.91 Å². The summed E-state index contributed by atoms with van der Waals surface area (Å²) in [6.45, 7) is 5.57. The number of hydrogen-bond acceptors (Lipinski definition) is 4. The van der Waals surface area contributed by atoms with E-state index in [1.165, 1.54) is 12.8 Å². The molecule has 1 fully saturated rings. The van der Waals surface area contributed by atoms with E-state index in [9.17, 15) is 4.79 Å². The van der Waals surface area contributed by atoms with Gasteiger partial charge in [0.05, 0.1) is 12.3 Å². The Morgan fingerprint density at radius 1 is 1.17 bits per heavy atom. The lowest BCUT2D eigenvalue weighted by molar-refractivity contribution is -0.116. The van der Waals surface area contributed by atoms with Gasteiger partial charge in [0.15, 0.2) is 5.96 Å². The van der Waals surface area contributed by atoms with Crippen molar-refractivity contribution in [3.8, 4) is 0 Å². The molecule has 1 aromatic carbocycles. The number of nitrogens with one attached hydrogen (secondary N) is 3. The number of likely N-dealkylation sites (tertiary alicyclic amines) is 1. The topological polar surface area (TPSA) is 81.9 Å². The van der Waals surface area contributed by atoms with Crippen LogP contribution in [0.3, 0.4) is 0 Å². The average molecular weight is 412 g/mol. The molecule has 7 heteroatoms. The average Bonchev–Trinajstić information content (AvgIpc) is 3.47. The molecular formula is C23H33N5O2. The van der Waals surface area contributed by atoms with E-state index in [4.69, 9.17) is 4.42 Å². The SMILES string of the molecule is CCCC(=O)Nc1ccc(CNC(=NC)NCC(c2ccco2)N2CCCC2)cc1. The first-order valence-corrected chi connectivity index (χ1v) is 10.8. The fraction of sp³-hybridized carbons (Fsp3) is 0.478. The number of nitrogens with zero attached hydrogens (tertiary/aromatic N) is 2. The molecule has 1 amide bonds. The van der Waals surface area contributed by atoms with Crippen molar-refractivity contribution in [3.05, 3.63) is 54.0 Å². The van der Waals surface area contributed by atoms with Crippen LogP contribution in [0.2, 0.25) is 0 Å². The minimum atomic E-state index is 0.0529. The number of aliphatic imine (C=N–C) groups is 1. The molecule has 0 radical (unpaired) electrons. The van der Waals surface area contributed by atoms with Gasteiger partial charge >= 0.3 is 0 Å². The third kappa shape index (κ3) is 6.35. The van der Waals surface area contributed by atoms with E-state index in [1.54, 1.807) is 13.3 Å². The summed E-state index contributed by atoms with van der Waals surface area (Å²) in [5, 5.41) is 9.71. The van der Waals surface area contributed by atoms with Crippen LogP contribution in [0.5, 0.6) is 0 Å². The second-order valence-corrected chi connectivity index (χ2v) is 7.58. The van der Waals surface area contributed by atoms with Gasteiger partial charge in [-0.15, -0.1) is 0 Å². The lowest BCUT2D eigenvalue weighted by atomic mass is 10.2. The minimum Gasteiger partial charge on any atom is -0.468 e. The van der Waals surface area contributed by atoms with Gasteiger partial charge < -0.3 is 20.4 Å². The molecule has 30 heavy (non-hydrogen) atoms. The highest BCUT2D eigenvalue weighted by Crippen LogP contribution is 2.24. The highest BCUT2D eigenvalue weighted by atomic mass is 16.3. The molecule has 1 aliphatic rings. The number of benzene rings is 1. The molecule has 162 valence electrons. The van der Waals surface area contributed by atoms with E-state index >= 15 is 0 Å². The van der Waals surface area contributed by atoms with Crippen LogP contribution in [-0.2, 0) is 11.3 Å². The van der Waals surface area contributed by atoms with Gasteiger partial charge in [-0.1, -0.05) is 19.1 Å². The zero-order chi connectivity index (χ0) is 21.2. The smallest absolute Gasteiger partial charge is 0.224 e. The van der Waals surface area contributed by atoms with Crippen molar-refractivity contribution in [2.75, 3.05) is 32.0 Å². The molecule has 0 spiro atoms. The Kier molecular flexibility index (Phi) is 8.32. The Balaban J connectivity index is 1.50. The number of amides is 1. The molecule has 0 aliphatic carbocycles. The Hall–Kier alpha value is -2.80. The standard InChI is InChI=1S/C23H33N5O2/c1-3-7-22(29)27-19-11-9-18(10-12-19)16-25-23(24-2)26-17-20(21-8-6-15-30-21)28-13-4-5-14-28/h6,8-12,15,20H,3-5,7,13-14,16-17H2,1-2H3,(H,27,29)(H2,24,25,26). The summed E-state index contributed by atoms with van der Waals surface area (Å²) in [7, 11) is 1.78. The first kappa shape index (κ1) is 21.9. The zero-order valence-corrected chi connectivity index (χ0v) is 18.0. The highest BCUT2D eigenvalue weighted by molar-refractivity contribution is 5.90. The quantitative estimate of drug-likeness (QED) is 0.434. The Morgan fingerprint density at radius 2 is 1.93 bits per heavy atom. The molecule has 3 rings (SSSR count). The lowest BCUT2D eigenvalue weighted by Gasteiger charge is -2.26. The van der Waals surface area contributed by atoms with Crippen molar-refractivity contribution in [2.24, 2.45) is 4.99 Å². The Bertz CT molecular complexity index is 796. The van der Waals surface area contributed by atoms with Gasteiger partial charge in [-0.05, 0) is 62.2 Å². The number of anilines is 1. The molecule has 0 saturated carbocycles. The van der Waals surface area contributed by atoms with Gasteiger partial charge in [-0.3, -0.25) is 14.7 Å². The predicted octanol–water partition coefficient (Wildman–Crippen LogP) is 3.52. The number of rotatable bonds is 9. The third-order valence-electron chi connectivity index (χ3n) is 5.31. The zero-order valence-electron chi connectivity index (χ0n) is 18.0. The number of carbonyl (C=O) groups excluding carboxylic acids is 1. The lowest BCUT2D eigenvalue weighted by Crippen LogP contribution is -2.42. The van der Waals surface area contributed by atoms with Gasteiger partial charge in [0.1, 0.15) is 5.76 Å². The van der Waals surface area contributed by atoms with E-state index in [0.29, 0.717) is 13.0 Å². The van der Waals surface area contributed by atoms with Crippen molar-refractivity contribution in [1.82, 2.24) is 15.5 Å². The molecular weight excluding hydrogens is 378 g/mol. The summed E-state index contributed by atoms with van der Waals surface area (Å²) in [6.07, 6.45) is 5.60.